The highest BCUT2D eigenvalue weighted by atomic mass is 19.1. The molecule has 96 valence electrons. The monoisotopic (exact) mass is 249 g/mol. The Morgan fingerprint density at radius 1 is 1.44 bits per heavy atom. The van der Waals surface area contributed by atoms with E-state index >= 15 is 0 Å². The second kappa shape index (κ2) is 5.08. The van der Waals surface area contributed by atoms with E-state index in [0.717, 1.165) is 17.8 Å². The minimum atomic E-state index is -0.366. The number of aryl methyl sites for hydroxylation is 1. The Bertz CT molecular complexity index is 551. The van der Waals surface area contributed by atoms with E-state index in [1.54, 1.807) is 6.20 Å². The zero-order valence-corrected chi connectivity index (χ0v) is 10.5. The van der Waals surface area contributed by atoms with E-state index in [9.17, 15) is 4.39 Å². The van der Waals surface area contributed by atoms with E-state index in [2.05, 4.69) is 5.10 Å². The summed E-state index contributed by atoms with van der Waals surface area (Å²) in [5.74, 6) is 0.120. The van der Waals surface area contributed by atoms with Crippen molar-refractivity contribution in [2.24, 2.45) is 0 Å². The molecule has 2 N–H and O–H groups in total. The maximum absolute atomic E-state index is 12.9. The van der Waals surface area contributed by atoms with Gasteiger partial charge in [0.15, 0.2) is 0 Å². The highest BCUT2D eigenvalue weighted by Crippen LogP contribution is 2.23. The third-order valence-electron chi connectivity index (χ3n) is 2.86. The molecule has 18 heavy (non-hydrogen) atoms. The highest BCUT2D eigenvalue weighted by Gasteiger charge is 2.07. The van der Waals surface area contributed by atoms with Crippen LogP contribution in [0, 0.1) is 12.7 Å². The van der Waals surface area contributed by atoms with Crippen LogP contribution in [0.25, 0.3) is 0 Å². The maximum atomic E-state index is 12.9. The summed E-state index contributed by atoms with van der Waals surface area (Å²) in [5, 5.41) is 4.23. The molecule has 0 unspecified atom stereocenters. The van der Waals surface area contributed by atoms with Crippen LogP contribution < -0.4 is 10.5 Å². The van der Waals surface area contributed by atoms with Crippen molar-refractivity contribution in [3.8, 4) is 5.75 Å². The summed E-state index contributed by atoms with van der Waals surface area (Å²) >= 11 is 0. The lowest BCUT2D eigenvalue weighted by atomic mass is 10.2. The first-order chi connectivity index (χ1) is 8.61. The first-order valence-corrected chi connectivity index (χ1v) is 5.81. The van der Waals surface area contributed by atoms with Crippen LogP contribution in [0.2, 0.25) is 0 Å². The molecular formula is C13H16FN3O. The SMILES string of the molecule is CCn1ncc(COc2ccc(F)cc2N)c1C. The van der Waals surface area contributed by atoms with Crippen molar-refractivity contribution < 1.29 is 9.13 Å². The van der Waals surface area contributed by atoms with Crippen molar-refractivity contribution in [3.05, 3.63) is 41.5 Å². The van der Waals surface area contributed by atoms with E-state index in [1.807, 2.05) is 18.5 Å². The minimum Gasteiger partial charge on any atom is -0.487 e. The number of nitrogens with zero attached hydrogens (tertiary/aromatic N) is 2. The first-order valence-electron chi connectivity index (χ1n) is 5.81. The van der Waals surface area contributed by atoms with E-state index < -0.39 is 0 Å². The van der Waals surface area contributed by atoms with Crippen molar-refractivity contribution in [3.63, 3.8) is 0 Å². The molecule has 2 aromatic rings. The molecule has 0 aliphatic heterocycles. The van der Waals surface area contributed by atoms with Gasteiger partial charge in [0, 0.05) is 23.9 Å². The number of nitrogen functional groups attached to an aromatic ring is 1. The number of aromatic nitrogens is 2. The van der Waals surface area contributed by atoms with Gasteiger partial charge in [-0.25, -0.2) is 4.39 Å². The number of rotatable bonds is 4. The van der Waals surface area contributed by atoms with Gasteiger partial charge in [-0.15, -0.1) is 0 Å². The minimum absolute atomic E-state index is 0.301. The van der Waals surface area contributed by atoms with Crippen LogP contribution in [-0.4, -0.2) is 9.78 Å². The molecule has 1 aromatic heterocycles. The largest absolute Gasteiger partial charge is 0.487 e. The van der Waals surface area contributed by atoms with E-state index in [0.29, 0.717) is 18.0 Å². The number of hydrogen-bond acceptors (Lipinski definition) is 3. The van der Waals surface area contributed by atoms with Gasteiger partial charge < -0.3 is 10.5 Å². The molecule has 0 radical (unpaired) electrons. The smallest absolute Gasteiger partial charge is 0.142 e. The average molecular weight is 249 g/mol. The predicted molar refractivity (Wildman–Crippen MR) is 67.8 cm³/mol. The van der Waals surface area contributed by atoms with Crippen molar-refractivity contribution in [1.82, 2.24) is 9.78 Å². The third kappa shape index (κ3) is 2.45. The lowest BCUT2D eigenvalue weighted by Gasteiger charge is -2.08. The van der Waals surface area contributed by atoms with Crippen LogP contribution >= 0.6 is 0 Å². The van der Waals surface area contributed by atoms with Gasteiger partial charge in [0.1, 0.15) is 18.2 Å². The van der Waals surface area contributed by atoms with Gasteiger partial charge in [0.05, 0.1) is 11.9 Å². The molecule has 2 rings (SSSR count). The highest BCUT2D eigenvalue weighted by molar-refractivity contribution is 5.52. The molecule has 1 heterocycles. The summed E-state index contributed by atoms with van der Waals surface area (Å²) in [6.45, 7) is 5.22. The van der Waals surface area contributed by atoms with Gasteiger partial charge in [0.2, 0.25) is 0 Å². The molecule has 1 aromatic carbocycles. The van der Waals surface area contributed by atoms with Gasteiger partial charge in [-0.3, -0.25) is 4.68 Å². The summed E-state index contributed by atoms with van der Waals surface area (Å²) in [6, 6.07) is 4.11. The van der Waals surface area contributed by atoms with Crippen LogP contribution in [0.4, 0.5) is 10.1 Å². The predicted octanol–water partition coefficient (Wildman–Crippen LogP) is 2.51. The number of nitrogens with two attached hydrogens (primary N) is 1. The lowest BCUT2D eigenvalue weighted by Crippen LogP contribution is -2.02. The molecular weight excluding hydrogens is 233 g/mol. The van der Waals surface area contributed by atoms with Gasteiger partial charge in [-0.1, -0.05) is 0 Å². The Balaban J connectivity index is 2.09. The summed E-state index contributed by atoms with van der Waals surface area (Å²) in [5.41, 5.74) is 8.04. The Kier molecular flexibility index (Phi) is 3.50. The lowest BCUT2D eigenvalue weighted by molar-refractivity contribution is 0.306. The molecule has 0 bridgehead atoms. The fourth-order valence-corrected chi connectivity index (χ4v) is 1.75. The third-order valence-corrected chi connectivity index (χ3v) is 2.86. The summed E-state index contributed by atoms with van der Waals surface area (Å²) in [7, 11) is 0. The standard InChI is InChI=1S/C13H16FN3O/c1-3-17-9(2)10(7-16-17)8-18-13-5-4-11(14)6-12(13)15/h4-7H,3,8,15H2,1-2H3. The maximum Gasteiger partial charge on any atom is 0.142 e. The van der Waals surface area contributed by atoms with Crippen LogP contribution in [0.1, 0.15) is 18.2 Å². The molecule has 0 spiro atoms. The molecule has 4 nitrogen and oxygen atoms in total. The average Bonchev–Trinajstić information content (AvgIpc) is 2.69. The Morgan fingerprint density at radius 3 is 2.83 bits per heavy atom. The summed E-state index contributed by atoms with van der Waals surface area (Å²) < 4.78 is 20.3. The first kappa shape index (κ1) is 12.4. The number of anilines is 1. The topological polar surface area (TPSA) is 53.1 Å². The van der Waals surface area contributed by atoms with Crippen molar-refractivity contribution in [2.75, 3.05) is 5.73 Å². The van der Waals surface area contributed by atoms with Crippen molar-refractivity contribution in [1.29, 1.82) is 0 Å². The number of benzene rings is 1. The van der Waals surface area contributed by atoms with Gasteiger partial charge in [0.25, 0.3) is 0 Å². The van der Waals surface area contributed by atoms with Crippen LogP contribution in [0.5, 0.6) is 5.75 Å². The fraction of sp³-hybridized carbons (Fsp3) is 0.308. The number of hydrogen-bond donors (Lipinski definition) is 1. The quantitative estimate of drug-likeness (QED) is 0.847. The molecule has 0 fully saturated rings. The second-order valence-corrected chi connectivity index (χ2v) is 4.04. The van der Waals surface area contributed by atoms with Gasteiger partial charge in [-0.05, 0) is 26.0 Å². The zero-order chi connectivity index (χ0) is 13.1. The molecule has 0 amide bonds. The van der Waals surface area contributed by atoms with Crippen LogP contribution in [0.15, 0.2) is 24.4 Å². The van der Waals surface area contributed by atoms with Crippen molar-refractivity contribution >= 4 is 5.69 Å². The van der Waals surface area contributed by atoms with E-state index in [1.165, 1.54) is 18.2 Å². The van der Waals surface area contributed by atoms with Crippen molar-refractivity contribution in [2.45, 2.75) is 27.0 Å². The molecule has 0 saturated carbocycles. The molecule has 0 aliphatic carbocycles. The number of ether oxygens (including phenoxy) is 1. The molecule has 0 saturated heterocycles. The Labute approximate surface area is 105 Å². The molecule has 0 aliphatic rings. The Morgan fingerprint density at radius 2 is 2.22 bits per heavy atom. The summed E-state index contributed by atoms with van der Waals surface area (Å²) in [6.07, 6.45) is 1.78. The number of halogens is 1. The Hall–Kier alpha value is -2.04. The van der Waals surface area contributed by atoms with Gasteiger partial charge >= 0.3 is 0 Å². The zero-order valence-electron chi connectivity index (χ0n) is 10.5. The normalized spacial score (nSPS) is 10.6. The van der Waals surface area contributed by atoms with E-state index in [4.69, 9.17) is 10.5 Å². The molecule has 5 heteroatoms. The van der Waals surface area contributed by atoms with Crippen LogP contribution in [0.3, 0.4) is 0 Å². The second-order valence-electron chi connectivity index (χ2n) is 4.04. The summed E-state index contributed by atoms with van der Waals surface area (Å²) in [4.78, 5) is 0. The fourth-order valence-electron chi connectivity index (χ4n) is 1.75. The molecule has 0 atom stereocenters. The van der Waals surface area contributed by atoms with Crippen LogP contribution in [-0.2, 0) is 13.2 Å². The van der Waals surface area contributed by atoms with E-state index in [-0.39, 0.29) is 5.82 Å². The van der Waals surface area contributed by atoms with Gasteiger partial charge in [-0.2, -0.15) is 5.10 Å².